The zero-order valence-corrected chi connectivity index (χ0v) is 31.3. The minimum atomic E-state index is 0.601. The van der Waals surface area contributed by atoms with Gasteiger partial charge in [0.15, 0.2) is 5.65 Å². The molecule has 0 saturated heterocycles. The van der Waals surface area contributed by atoms with Gasteiger partial charge in [0.05, 0.1) is 27.8 Å². The average molecular weight is 740 g/mol. The predicted molar refractivity (Wildman–Crippen MR) is 240 cm³/mol. The average Bonchev–Trinajstić information content (AvgIpc) is 3.82. The fraction of sp³-hybridized carbons (Fsp3) is 0. The van der Waals surface area contributed by atoms with E-state index in [2.05, 4.69) is 178 Å². The van der Waals surface area contributed by atoms with Crippen molar-refractivity contribution in [1.82, 2.24) is 24.1 Å². The number of hydrogen-bond acceptors (Lipinski definition) is 3. The second-order valence-corrected chi connectivity index (χ2v) is 14.8. The van der Waals surface area contributed by atoms with Crippen LogP contribution in [-0.2, 0) is 0 Å². The molecule has 0 amide bonds. The second-order valence-electron chi connectivity index (χ2n) is 14.8. The van der Waals surface area contributed by atoms with Gasteiger partial charge in [-0.1, -0.05) is 140 Å². The molecule has 8 aromatic carbocycles. The molecule has 5 nitrogen and oxygen atoms in total. The SMILES string of the molecule is c1ccc(-c2nc(-n3c4ccccc4c4cc(-c5ccc(-c6cc7c(c8ccccc68)c6ccccc6n7-c6ccccc6)cc5)ccc43)nc3ncccc23)cc1. The Morgan fingerprint density at radius 1 is 0.345 bits per heavy atom. The minimum absolute atomic E-state index is 0.601. The van der Waals surface area contributed by atoms with Gasteiger partial charge < -0.3 is 4.57 Å². The van der Waals surface area contributed by atoms with Crippen molar-refractivity contribution in [2.75, 3.05) is 0 Å². The summed E-state index contributed by atoms with van der Waals surface area (Å²) < 4.78 is 4.58. The highest BCUT2D eigenvalue weighted by atomic mass is 15.2. The zero-order valence-electron chi connectivity index (χ0n) is 31.3. The Bertz CT molecular complexity index is 3550. The van der Waals surface area contributed by atoms with Crippen molar-refractivity contribution in [1.29, 1.82) is 0 Å². The smallest absolute Gasteiger partial charge is 0.237 e. The third-order valence-electron chi connectivity index (χ3n) is 11.6. The molecule has 0 atom stereocenters. The number of hydrogen-bond donors (Lipinski definition) is 0. The van der Waals surface area contributed by atoms with Crippen molar-refractivity contribution in [3.8, 4) is 45.1 Å². The van der Waals surface area contributed by atoms with Crippen LogP contribution >= 0.6 is 0 Å². The molecule has 58 heavy (non-hydrogen) atoms. The monoisotopic (exact) mass is 739 g/mol. The van der Waals surface area contributed by atoms with Crippen LogP contribution in [0.4, 0.5) is 0 Å². The summed E-state index contributed by atoms with van der Waals surface area (Å²) >= 11 is 0. The largest absolute Gasteiger partial charge is 0.309 e. The molecule has 12 aromatic rings. The third kappa shape index (κ3) is 4.93. The highest BCUT2D eigenvalue weighted by Crippen LogP contribution is 2.42. The Morgan fingerprint density at radius 2 is 0.948 bits per heavy atom. The molecular weight excluding hydrogens is 707 g/mol. The standard InChI is InChI=1S/C53H33N5/c1-3-14-36(15-4-1)51-43-22-13-31-54-52(43)56-53(55-51)58-46-23-11-9-19-40(46)45-32-37(29-30-48(45)58)34-25-27-35(28-26-34)44-33-49-50(41-20-8-7-18-39(41)44)42-21-10-12-24-47(42)57(49)38-16-5-2-6-17-38/h1-33H. The summed E-state index contributed by atoms with van der Waals surface area (Å²) in [5.74, 6) is 0.601. The number of rotatable bonds is 5. The predicted octanol–water partition coefficient (Wildman–Crippen LogP) is 13.4. The number of nitrogens with zero attached hydrogens (tertiary/aromatic N) is 5. The van der Waals surface area contributed by atoms with Gasteiger partial charge in [0.2, 0.25) is 5.95 Å². The summed E-state index contributed by atoms with van der Waals surface area (Å²) in [5.41, 5.74) is 12.9. The van der Waals surface area contributed by atoms with E-state index in [9.17, 15) is 0 Å². The fourth-order valence-corrected chi connectivity index (χ4v) is 9.00. The molecule has 12 rings (SSSR count). The van der Waals surface area contributed by atoms with Crippen molar-refractivity contribution in [3.05, 3.63) is 200 Å². The molecule has 0 fully saturated rings. The lowest BCUT2D eigenvalue weighted by Gasteiger charge is -2.13. The van der Waals surface area contributed by atoms with Gasteiger partial charge in [-0.2, -0.15) is 4.98 Å². The highest BCUT2D eigenvalue weighted by Gasteiger charge is 2.20. The lowest BCUT2D eigenvalue weighted by molar-refractivity contribution is 1.00. The van der Waals surface area contributed by atoms with E-state index in [0.29, 0.717) is 11.6 Å². The molecule has 0 N–H and O–H groups in total. The molecule has 4 aromatic heterocycles. The number of pyridine rings is 1. The van der Waals surface area contributed by atoms with E-state index < -0.39 is 0 Å². The van der Waals surface area contributed by atoms with E-state index in [4.69, 9.17) is 9.97 Å². The maximum Gasteiger partial charge on any atom is 0.237 e. The fourth-order valence-electron chi connectivity index (χ4n) is 9.00. The summed E-state index contributed by atoms with van der Waals surface area (Å²) in [6, 6.07) is 69.2. The van der Waals surface area contributed by atoms with Crippen LogP contribution in [0.25, 0.3) is 111 Å². The second kappa shape index (κ2) is 12.8. The third-order valence-corrected chi connectivity index (χ3v) is 11.6. The molecule has 0 bridgehead atoms. The molecular formula is C53H33N5. The first-order valence-corrected chi connectivity index (χ1v) is 19.6. The topological polar surface area (TPSA) is 48.5 Å². The Hall–Kier alpha value is -7.89. The van der Waals surface area contributed by atoms with Crippen molar-refractivity contribution >= 4 is 65.4 Å². The summed E-state index contributed by atoms with van der Waals surface area (Å²) in [6.45, 7) is 0. The van der Waals surface area contributed by atoms with Crippen LogP contribution in [0.3, 0.4) is 0 Å². The normalized spacial score (nSPS) is 11.8. The first-order valence-electron chi connectivity index (χ1n) is 19.6. The van der Waals surface area contributed by atoms with E-state index in [1.165, 1.54) is 43.7 Å². The van der Waals surface area contributed by atoms with Gasteiger partial charge in [-0.05, 0) is 87.6 Å². The molecule has 0 aliphatic rings. The molecule has 4 heterocycles. The Kier molecular flexibility index (Phi) is 7.16. The van der Waals surface area contributed by atoms with Gasteiger partial charge >= 0.3 is 0 Å². The maximum atomic E-state index is 5.22. The lowest BCUT2D eigenvalue weighted by atomic mass is 9.93. The van der Waals surface area contributed by atoms with E-state index in [1.807, 2.05) is 30.3 Å². The molecule has 0 radical (unpaired) electrons. The van der Waals surface area contributed by atoms with Gasteiger partial charge in [-0.3, -0.25) is 4.57 Å². The molecule has 0 unspecified atom stereocenters. The van der Waals surface area contributed by atoms with Gasteiger partial charge in [-0.15, -0.1) is 0 Å². The Labute approximate surface area is 333 Å². The van der Waals surface area contributed by atoms with Crippen LogP contribution in [0.2, 0.25) is 0 Å². The molecule has 0 aliphatic heterocycles. The highest BCUT2D eigenvalue weighted by molar-refractivity contribution is 6.24. The molecule has 0 aliphatic carbocycles. The number of benzene rings is 8. The van der Waals surface area contributed by atoms with Crippen LogP contribution in [0.1, 0.15) is 0 Å². The quantitative estimate of drug-likeness (QED) is 0.177. The first kappa shape index (κ1) is 32.4. The van der Waals surface area contributed by atoms with E-state index in [-0.39, 0.29) is 0 Å². The zero-order chi connectivity index (χ0) is 38.2. The van der Waals surface area contributed by atoms with Crippen LogP contribution in [0, 0.1) is 0 Å². The van der Waals surface area contributed by atoms with E-state index in [1.54, 1.807) is 6.20 Å². The number of para-hydroxylation sites is 3. The number of fused-ring (bicyclic) bond motifs is 9. The van der Waals surface area contributed by atoms with E-state index >= 15 is 0 Å². The number of aromatic nitrogens is 5. The first-order chi connectivity index (χ1) is 28.8. The van der Waals surface area contributed by atoms with Gasteiger partial charge in [-0.25, -0.2) is 9.97 Å². The Balaban J connectivity index is 1.00. The van der Waals surface area contributed by atoms with Gasteiger partial charge in [0, 0.05) is 44.4 Å². The molecule has 0 spiro atoms. The maximum absolute atomic E-state index is 5.22. The van der Waals surface area contributed by atoms with Gasteiger partial charge in [0.25, 0.3) is 0 Å². The Morgan fingerprint density at radius 3 is 1.74 bits per heavy atom. The van der Waals surface area contributed by atoms with Crippen molar-refractivity contribution in [2.45, 2.75) is 0 Å². The van der Waals surface area contributed by atoms with Crippen LogP contribution in [0.5, 0.6) is 0 Å². The van der Waals surface area contributed by atoms with Crippen molar-refractivity contribution in [2.24, 2.45) is 0 Å². The molecule has 5 heteroatoms. The van der Waals surface area contributed by atoms with Crippen LogP contribution < -0.4 is 0 Å². The van der Waals surface area contributed by atoms with Crippen molar-refractivity contribution < 1.29 is 0 Å². The van der Waals surface area contributed by atoms with Crippen LogP contribution in [0.15, 0.2) is 200 Å². The molecule has 270 valence electrons. The summed E-state index contributed by atoms with van der Waals surface area (Å²) in [4.78, 5) is 14.9. The minimum Gasteiger partial charge on any atom is -0.309 e. The molecule has 0 saturated carbocycles. The van der Waals surface area contributed by atoms with E-state index in [0.717, 1.165) is 55.3 Å². The van der Waals surface area contributed by atoms with Gasteiger partial charge in [0.1, 0.15) is 0 Å². The summed E-state index contributed by atoms with van der Waals surface area (Å²) in [7, 11) is 0. The van der Waals surface area contributed by atoms with Crippen molar-refractivity contribution in [3.63, 3.8) is 0 Å². The van der Waals surface area contributed by atoms with Crippen LogP contribution in [-0.4, -0.2) is 24.1 Å². The lowest BCUT2D eigenvalue weighted by Crippen LogP contribution is -2.04. The summed E-state index contributed by atoms with van der Waals surface area (Å²) in [6.07, 6.45) is 1.79. The summed E-state index contributed by atoms with van der Waals surface area (Å²) in [5, 5.41) is 8.27.